The lowest BCUT2D eigenvalue weighted by molar-refractivity contribution is 0.159. The van der Waals surface area contributed by atoms with Crippen molar-refractivity contribution in [2.75, 3.05) is 11.9 Å². The molecule has 3 rings (SSSR count). The number of aliphatic hydroxyl groups is 1. The first-order valence-electron chi connectivity index (χ1n) is 7.19. The van der Waals surface area contributed by atoms with Crippen LogP contribution in [0.5, 0.6) is 0 Å². The Morgan fingerprint density at radius 2 is 2.15 bits per heavy atom. The molecule has 2 saturated carbocycles. The molecule has 2 amide bonds. The summed E-state index contributed by atoms with van der Waals surface area (Å²) >= 11 is 0. The van der Waals surface area contributed by atoms with Gasteiger partial charge in [-0.2, -0.15) is 0 Å². The topological polar surface area (TPSA) is 87.4 Å². The first-order chi connectivity index (χ1) is 9.53. The van der Waals surface area contributed by atoms with Gasteiger partial charge in [0.2, 0.25) is 0 Å². The second-order valence-corrected chi connectivity index (χ2v) is 6.21. The molecule has 2 aliphatic carbocycles. The number of nitrogens with zero attached hydrogens (tertiary/aromatic N) is 1. The lowest BCUT2D eigenvalue weighted by atomic mass is 9.97. The van der Waals surface area contributed by atoms with E-state index in [0.29, 0.717) is 23.2 Å². The van der Waals surface area contributed by atoms with Crippen LogP contribution >= 0.6 is 0 Å². The molecule has 1 heterocycles. The van der Waals surface area contributed by atoms with E-state index in [4.69, 9.17) is 4.52 Å². The Morgan fingerprint density at radius 3 is 2.70 bits per heavy atom. The van der Waals surface area contributed by atoms with Gasteiger partial charge in [0.1, 0.15) is 11.4 Å². The van der Waals surface area contributed by atoms with Crippen molar-refractivity contribution in [3.8, 4) is 0 Å². The van der Waals surface area contributed by atoms with E-state index in [2.05, 4.69) is 15.8 Å². The molecule has 2 fully saturated rings. The minimum Gasteiger partial charge on any atom is -0.394 e. The first kappa shape index (κ1) is 13.4. The predicted octanol–water partition coefficient (Wildman–Crippen LogP) is 2.14. The number of carbonyl (C=O) groups excluding carboxylic acids is 1. The molecule has 0 aliphatic heterocycles. The molecule has 0 radical (unpaired) electrons. The molecule has 1 aromatic rings. The molecule has 6 nitrogen and oxygen atoms in total. The zero-order valence-corrected chi connectivity index (χ0v) is 11.9. The van der Waals surface area contributed by atoms with Crippen LogP contribution in [0.15, 0.2) is 4.52 Å². The maximum atomic E-state index is 12.2. The molecular weight excluding hydrogens is 258 g/mol. The quantitative estimate of drug-likeness (QED) is 0.770. The highest BCUT2D eigenvalue weighted by Gasteiger charge is 2.42. The highest BCUT2D eigenvalue weighted by molar-refractivity contribution is 5.91. The van der Waals surface area contributed by atoms with Crippen LogP contribution in [-0.2, 0) is 0 Å². The third-order valence-corrected chi connectivity index (χ3v) is 4.28. The van der Waals surface area contributed by atoms with Crippen molar-refractivity contribution in [2.45, 2.75) is 51.0 Å². The van der Waals surface area contributed by atoms with Crippen molar-refractivity contribution >= 4 is 11.7 Å². The summed E-state index contributed by atoms with van der Waals surface area (Å²) in [7, 11) is 0. The fourth-order valence-electron chi connectivity index (χ4n) is 2.56. The van der Waals surface area contributed by atoms with Crippen molar-refractivity contribution < 1.29 is 14.4 Å². The average Bonchev–Trinajstić information content (AvgIpc) is 3.29. The molecule has 3 N–H and O–H groups in total. The van der Waals surface area contributed by atoms with Gasteiger partial charge in [0, 0.05) is 5.92 Å². The average molecular weight is 279 g/mol. The molecule has 0 bridgehead atoms. The monoisotopic (exact) mass is 279 g/mol. The molecule has 0 saturated heterocycles. The van der Waals surface area contributed by atoms with Gasteiger partial charge in [-0.3, -0.25) is 0 Å². The van der Waals surface area contributed by atoms with E-state index in [-0.39, 0.29) is 12.6 Å². The molecule has 1 atom stereocenters. The fraction of sp³-hybridized carbons (Fsp3) is 0.714. The standard InChI is InChI=1S/C14H21N3O3/c1-8-11(12(20-17-8)9-3-4-9)15-13(19)16-14(2,7-18)10-5-6-10/h9-10,18H,3-7H2,1-2H3,(H2,15,16,19)/t14-/m0/s1. The van der Waals surface area contributed by atoms with Crippen LogP contribution in [-0.4, -0.2) is 28.4 Å². The fourth-order valence-corrected chi connectivity index (χ4v) is 2.56. The van der Waals surface area contributed by atoms with Gasteiger partial charge in [-0.1, -0.05) is 5.16 Å². The lowest BCUT2D eigenvalue weighted by Gasteiger charge is -2.28. The van der Waals surface area contributed by atoms with Crippen molar-refractivity contribution in [3.05, 3.63) is 11.5 Å². The van der Waals surface area contributed by atoms with Gasteiger partial charge >= 0.3 is 6.03 Å². The summed E-state index contributed by atoms with van der Waals surface area (Å²) in [5.74, 6) is 1.53. The number of rotatable bonds is 5. The van der Waals surface area contributed by atoms with Crippen molar-refractivity contribution in [2.24, 2.45) is 5.92 Å². The highest BCUT2D eigenvalue weighted by Crippen LogP contribution is 2.44. The van der Waals surface area contributed by atoms with E-state index in [1.807, 2.05) is 13.8 Å². The minimum atomic E-state index is -0.547. The van der Waals surface area contributed by atoms with E-state index in [1.54, 1.807) is 0 Å². The van der Waals surface area contributed by atoms with Crippen LogP contribution in [0.2, 0.25) is 0 Å². The molecule has 1 aromatic heterocycles. The molecular formula is C14H21N3O3. The predicted molar refractivity (Wildman–Crippen MR) is 73.6 cm³/mol. The molecule has 110 valence electrons. The summed E-state index contributed by atoms with van der Waals surface area (Å²) in [5.41, 5.74) is 0.829. The zero-order valence-electron chi connectivity index (χ0n) is 11.9. The van der Waals surface area contributed by atoms with Crippen LogP contribution < -0.4 is 10.6 Å². The third-order valence-electron chi connectivity index (χ3n) is 4.28. The zero-order chi connectivity index (χ0) is 14.3. The van der Waals surface area contributed by atoms with Crippen molar-refractivity contribution in [1.29, 1.82) is 0 Å². The number of nitrogens with one attached hydrogen (secondary N) is 2. The van der Waals surface area contributed by atoms with Crippen LogP contribution in [0.25, 0.3) is 0 Å². The normalized spacial score (nSPS) is 21.4. The van der Waals surface area contributed by atoms with E-state index < -0.39 is 5.54 Å². The second kappa shape index (κ2) is 4.77. The van der Waals surface area contributed by atoms with Crippen molar-refractivity contribution in [3.63, 3.8) is 0 Å². The SMILES string of the molecule is Cc1noc(C2CC2)c1NC(=O)N[C@@](C)(CO)C1CC1. The van der Waals surface area contributed by atoms with E-state index in [9.17, 15) is 9.90 Å². The summed E-state index contributed by atoms with van der Waals surface area (Å²) in [6.45, 7) is 3.65. The molecule has 0 aromatic carbocycles. The Bertz CT molecular complexity index is 520. The number of hydrogen-bond acceptors (Lipinski definition) is 4. The number of hydrogen-bond donors (Lipinski definition) is 3. The first-order valence-corrected chi connectivity index (χ1v) is 7.19. The summed E-state index contributed by atoms with van der Waals surface area (Å²) < 4.78 is 5.29. The number of carbonyl (C=O) groups is 1. The van der Waals surface area contributed by atoms with Gasteiger partial charge in [0.15, 0.2) is 5.76 Å². The van der Waals surface area contributed by atoms with Gasteiger partial charge in [0.05, 0.1) is 12.1 Å². The molecule has 0 spiro atoms. The van der Waals surface area contributed by atoms with E-state index in [0.717, 1.165) is 31.4 Å². The number of urea groups is 1. The number of aryl methyl sites for hydroxylation is 1. The number of anilines is 1. The molecule has 20 heavy (non-hydrogen) atoms. The third kappa shape index (κ3) is 2.52. The lowest BCUT2D eigenvalue weighted by Crippen LogP contribution is -2.52. The second-order valence-electron chi connectivity index (χ2n) is 6.21. The van der Waals surface area contributed by atoms with Gasteiger partial charge in [-0.25, -0.2) is 4.79 Å². The largest absolute Gasteiger partial charge is 0.394 e. The maximum Gasteiger partial charge on any atom is 0.319 e. The van der Waals surface area contributed by atoms with Gasteiger partial charge in [-0.15, -0.1) is 0 Å². The maximum absolute atomic E-state index is 12.2. The number of aromatic nitrogens is 1. The van der Waals surface area contributed by atoms with Crippen LogP contribution in [0.1, 0.15) is 50.0 Å². The molecule has 6 heteroatoms. The Balaban J connectivity index is 1.68. The van der Waals surface area contributed by atoms with Crippen molar-refractivity contribution in [1.82, 2.24) is 10.5 Å². The molecule has 0 unspecified atom stereocenters. The van der Waals surface area contributed by atoms with Crippen LogP contribution in [0.4, 0.5) is 10.5 Å². The van der Waals surface area contributed by atoms with E-state index in [1.165, 1.54) is 0 Å². The Hall–Kier alpha value is -1.56. The summed E-state index contributed by atoms with van der Waals surface area (Å²) in [5, 5.41) is 19.2. The van der Waals surface area contributed by atoms with E-state index >= 15 is 0 Å². The highest BCUT2D eigenvalue weighted by atomic mass is 16.5. The van der Waals surface area contributed by atoms with Gasteiger partial charge in [-0.05, 0) is 45.4 Å². The Kier molecular flexibility index (Phi) is 3.20. The van der Waals surface area contributed by atoms with Crippen LogP contribution in [0.3, 0.4) is 0 Å². The minimum absolute atomic E-state index is 0.0524. The number of aliphatic hydroxyl groups excluding tert-OH is 1. The smallest absolute Gasteiger partial charge is 0.319 e. The Labute approximate surface area is 117 Å². The molecule has 2 aliphatic rings. The summed E-state index contributed by atoms with van der Waals surface area (Å²) in [4.78, 5) is 12.2. The Morgan fingerprint density at radius 1 is 1.45 bits per heavy atom. The van der Waals surface area contributed by atoms with Gasteiger partial charge in [0.25, 0.3) is 0 Å². The van der Waals surface area contributed by atoms with Gasteiger partial charge < -0.3 is 20.3 Å². The summed E-state index contributed by atoms with van der Waals surface area (Å²) in [6, 6.07) is -0.304. The van der Waals surface area contributed by atoms with Crippen LogP contribution in [0, 0.1) is 12.8 Å². The number of amides is 2. The summed E-state index contributed by atoms with van der Waals surface area (Å²) in [6.07, 6.45) is 4.27.